The molecule has 2 heterocycles. The fourth-order valence-corrected chi connectivity index (χ4v) is 5.42. The highest BCUT2D eigenvalue weighted by molar-refractivity contribution is 7.18. The molecular weight excluding hydrogens is 454 g/mol. The second-order valence-electron chi connectivity index (χ2n) is 8.68. The normalized spacial score (nSPS) is 11.2. The first kappa shape index (κ1) is 24.7. The van der Waals surface area contributed by atoms with Crippen molar-refractivity contribution >= 4 is 44.6 Å². The lowest BCUT2D eigenvalue weighted by atomic mass is 10.0. The first-order chi connectivity index (χ1) is 17.0. The Morgan fingerprint density at radius 3 is 2.51 bits per heavy atom. The number of fused-ring (bicyclic) bond motifs is 1. The molecular formula is C28H33N5OS. The number of nitrogens with zero attached hydrogens (tertiary/aromatic N) is 2. The number of hydrogen-bond acceptors (Lipinski definition) is 5. The molecule has 0 aliphatic rings. The van der Waals surface area contributed by atoms with Gasteiger partial charge in [0, 0.05) is 33.2 Å². The fraction of sp³-hybridized carbons (Fsp3) is 0.286. The number of pyridine rings is 1. The van der Waals surface area contributed by atoms with Crippen LogP contribution in [0.25, 0.3) is 21.2 Å². The van der Waals surface area contributed by atoms with Crippen LogP contribution in [0.15, 0.2) is 60.1 Å². The van der Waals surface area contributed by atoms with Crippen molar-refractivity contribution in [1.82, 2.24) is 9.88 Å². The van der Waals surface area contributed by atoms with Crippen molar-refractivity contribution in [2.24, 2.45) is 0 Å². The van der Waals surface area contributed by atoms with Crippen molar-refractivity contribution in [3.8, 4) is 11.1 Å². The van der Waals surface area contributed by atoms with Gasteiger partial charge in [-0.05, 0) is 85.7 Å². The van der Waals surface area contributed by atoms with Crippen molar-refractivity contribution < 1.29 is 4.79 Å². The van der Waals surface area contributed by atoms with E-state index in [2.05, 4.69) is 39.7 Å². The Kier molecular flexibility index (Phi) is 8.00. The van der Waals surface area contributed by atoms with Crippen LogP contribution in [-0.4, -0.2) is 35.5 Å². The number of carbonyl (C=O) groups excluding carboxylic acids is 1. The summed E-state index contributed by atoms with van der Waals surface area (Å²) in [6.07, 6.45) is 4.01. The summed E-state index contributed by atoms with van der Waals surface area (Å²) in [5.74, 6) is 0.559. The molecule has 7 heteroatoms. The Balaban J connectivity index is 1.47. The van der Waals surface area contributed by atoms with Gasteiger partial charge < -0.3 is 21.3 Å². The van der Waals surface area contributed by atoms with Crippen LogP contribution in [-0.2, 0) is 6.42 Å². The van der Waals surface area contributed by atoms with Gasteiger partial charge in [0.25, 0.3) is 0 Å². The van der Waals surface area contributed by atoms with Crippen LogP contribution >= 0.6 is 11.3 Å². The number of thiophene rings is 1. The maximum Gasteiger partial charge on any atom is 0.323 e. The zero-order valence-electron chi connectivity index (χ0n) is 20.6. The van der Waals surface area contributed by atoms with E-state index in [-0.39, 0.29) is 6.03 Å². The highest BCUT2D eigenvalue weighted by Crippen LogP contribution is 2.39. The molecule has 4 aromatic rings. The minimum atomic E-state index is -0.271. The van der Waals surface area contributed by atoms with E-state index >= 15 is 0 Å². The monoisotopic (exact) mass is 487 g/mol. The number of benzene rings is 2. The van der Waals surface area contributed by atoms with E-state index in [9.17, 15) is 4.79 Å². The second-order valence-corrected chi connectivity index (χ2v) is 9.56. The van der Waals surface area contributed by atoms with Gasteiger partial charge in [0.2, 0.25) is 0 Å². The molecule has 2 aromatic carbocycles. The maximum atomic E-state index is 12.4. The van der Waals surface area contributed by atoms with Crippen molar-refractivity contribution in [2.45, 2.75) is 33.6 Å². The van der Waals surface area contributed by atoms with Crippen LogP contribution in [0, 0.1) is 6.92 Å². The van der Waals surface area contributed by atoms with Gasteiger partial charge in [-0.25, -0.2) is 9.78 Å². The standard InChI is InChI=1S/C28H33N5OS/c1-4-33(5-2)15-7-9-21-17-30-27(29)25-24(18-35-26(21)25)20-11-13-22(14-12-20)31-28(34)32-23-10-6-8-19(3)16-23/h6,8,10-14,16-18H,4-5,7,9,15H2,1-3H3,(H2,29,30)(H2,31,32,34). The van der Waals surface area contributed by atoms with Crippen LogP contribution in [0.4, 0.5) is 22.0 Å². The van der Waals surface area contributed by atoms with Crippen molar-refractivity contribution in [3.63, 3.8) is 0 Å². The van der Waals surface area contributed by atoms with Gasteiger partial charge in [-0.1, -0.05) is 38.1 Å². The molecule has 182 valence electrons. The Morgan fingerprint density at radius 2 is 1.80 bits per heavy atom. The zero-order valence-corrected chi connectivity index (χ0v) is 21.4. The molecule has 0 fully saturated rings. The third-order valence-corrected chi connectivity index (χ3v) is 7.30. The molecule has 0 aliphatic heterocycles. The van der Waals surface area contributed by atoms with E-state index in [0.717, 1.165) is 65.9 Å². The van der Waals surface area contributed by atoms with Crippen LogP contribution in [0.5, 0.6) is 0 Å². The molecule has 35 heavy (non-hydrogen) atoms. The van der Waals surface area contributed by atoms with Gasteiger partial charge in [0.1, 0.15) is 5.82 Å². The summed E-state index contributed by atoms with van der Waals surface area (Å²) in [7, 11) is 0. The molecule has 0 saturated carbocycles. The van der Waals surface area contributed by atoms with Crippen LogP contribution in [0.3, 0.4) is 0 Å². The number of rotatable bonds is 9. The van der Waals surface area contributed by atoms with E-state index in [0.29, 0.717) is 5.82 Å². The highest BCUT2D eigenvalue weighted by atomic mass is 32.1. The van der Waals surface area contributed by atoms with Gasteiger partial charge in [-0.15, -0.1) is 11.3 Å². The summed E-state index contributed by atoms with van der Waals surface area (Å²) in [5, 5.41) is 8.94. The van der Waals surface area contributed by atoms with E-state index < -0.39 is 0 Å². The van der Waals surface area contributed by atoms with Gasteiger partial charge >= 0.3 is 6.03 Å². The minimum absolute atomic E-state index is 0.271. The van der Waals surface area contributed by atoms with Gasteiger partial charge in [-0.3, -0.25) is 0 Å². The van der Waals surface area contributed by atoms with E-state index in [4.69, 9.17) is 5.73 Å². The van der Waals surface area contributed by atoms with Crippen molar-refractivity contribution in [1.29, 1.82) is 0 Å². The average Bonchev–Trinajstić information content (AvgIpc) is 3.30. The van der Waals surface area contributed by atoms with E-state index in [1.54, 1.807) is 11.3 Å². The number of nitrogens with two attached hydrogens (primary N) is 1. The number of carbonyl (C=O) groups is 1. The molecule has 0 bridgehead atoms. The lowest BCUT2D eigenvalue weighted by Crippen LogP contribution is -2.24. The quantitative estimate of drug-likeness (QED) is 0.243. The summed E-state index contributed by atoms with van der Waals surface area (Å²) in [5.41, 5.74) is 12.3. The number of amides is 2. The van der Waals surface area contributed by atoms with Gasteiger partial charge in [-0.2, -0.15) is 0 Å². The summed E-state index contributed by atoms with van der Waals surface area (Å²) < 4.78 is 1.21. The molecule has 4 rings (SSSR count). The summed E-state index contributed by atoms with van der Waals surface area (Å²) in [4.78, 5) is 19.3. The summed E-state index contributed by atoms with van der Waals surface area (Å²) >= 11 is 1.72. The molecule has 2 aromatic heterocycles. The minimum Gasteiger partial charge on any atom is -0.383 e. The SMILES string of the molecule is CCN(CC)CCCc1cnc(N)c2c(-c3ccc(NC(=O)Nc4cccc(C)c4)cc3)csc12. The Morgan fingerprint density at radius 1 is 1.06 bits per heavy atom. The first-order valence-electron chi connectivity index (χ1n) is 12.1. The maximum absolute atomic E-state index is 12.4. The number of aryl methyl sites for hydroxylation is 2. The predicted molar refractivity (Wildman–Crippen MR) is 149 cm³/mol. The smallest absolute Gasteiger partial charge is 0.323 e. The Labute approximate surface area is 211 Å². The molecule has 0 radical (unpaired) electrons. The summed E-state index contributed by atoms with van der Waals surface area (Å²) in [6, 6.07) is 15.3. The lowest BCUT2D eigenvalue weighted by Gasteiger charge is -2.17. The Bertz CT molecular complexity index is 1290. The number of aromatic nitrogens is 1. The number of urea groups is 1. The van der Waals surface area contributed by atoms with E-state index in [1.807, 2.05) is 61.7 Å². The van der Waals surface area contributed by atoms with E-state index in [1.165, 1.54) is 10.3 Å². The molecule has 0 aliphatic carbocycles. The molecule has 0 atom stereocenters. The third-order valence-electron chi connectivity index (χ3n) is 6.24. The third kappa shape index (κ3) is 5.99. The topological polar surface area (TPSA) is 83.3 Å². The molecule has 0 unspecified atom stereocenters. The highest BCUT2D eigenvalue weighted by Gasteiger charge is 2.14. The number of nitrogens with one attached hydrogen (secondary N) is 2. The fourth-order valence-electron chi connectivity index (χ4n) is 4.29. The first-order valence-corrected chi connectivity index (χ1v) is 13.0. The molecule has 0 saturated heterocycles. The molecule has 0 spiro atoms. The van der Waals surface area contributed by atoms with Crippen LogP contribution in [0.1, 0.15) is 31.4 Å². The molecule has 6 nitrogen and oxygen atoms in total. The number of hydrogen-bond donors (Lipinski definition) is 3. The molecule has 2 amide bonds. The Hall–Kier alpha value is -3.42. The van der Waals surface area contributed by atoms with Gasteiger partial charge in [0.15, 0.2) is 0 Å². The largest absolute Gasteiger partial charge is 0.383 e. The average molecular weight is 488 g/mol. The zero-order chi connectivity index (χ0) is 24.8. The van der Waals surface area contributed by atoms with Crippen LogP contribution in [0.2, 0.25) is 0 Å². The number of nitrogen functional groups attached to an aromatic ring is 1. The summed E-state index contributed by atoms with van der Waals surface area (Å²) in [6.45, 7) is 9.64. The van der Waals surface area contributed by atoms with Crippen LogP contribution < -0.4 is 16.4 Å². The van der Waals surface area contributed by atoms with Crippen molar-refractivity contribution in [2.75, 3.05) is 36.0 Å². The second kappa shape index (κ2) is 11.3. The van der Waals surface area contributed by atoms with Crippen molar-refractivity contribution in [3.05, 3.63) is 71.2 Å². The lowest BCUT2D eigenvalue weighted by molar-refractivity contribution is 0.262. The predicted octanol–water partition coefficient (Wildman–Crippen LogP) is 6.77. The molecule has 4 N–H and O–H groups in total. The number of anilines is 3. The van der Waals surface area contributed by atoms with Gasteiger partial charge in [0.05, 0.1) is 0 Å².